The number of nitrogens with zero attached hydrogens (tertiary/aromatic N) is 7. The number of carbonyl (C=O) groups excluding carboxylic acids is 1. The monoisotopic (exact) mass is 704 g/mol. The van der Waals surface area contributed by atoms with Crippen LogP contribution in [0.3, 0.4) is 0 Å². The molecule has 1 saturated heterocycles. The minimum Gasteiger partial charge on any atom is -0.380 e. The van der Waals surface area contributed by atoms with Crippen LogP contribution in [0.25, 0.3) is 0 Å². The summed E-state index contributed by atoms with van der Waals surface area (Å²) >= 11 is 1.30. The Bertz CT molecular complexity index is 1600. The molecule has 0 unspecified atom stereocenters. The molecule has 4 rings (SSSR count). The average molecular weight is 705 g/mol. The van der Waals surface area contributed by atoms with Gasteiger partial charge in [-0.05, 0) is 25.1 Å². The van der Waals surface area contributed by atoms with Crippen LogP contribution in [-0.4, -0.2) is 76.7 Å². The molecule has 1 N–H and O–H groups in total. The highest BCUT2D eigenvalue weighted by Gasteiger charge is 2.38. The summed E-state index contributed by atoms with van der Waals surface area (Å²) in [6, 6.07) is 3.60. The standard InChI is InChI=1S/C28H34F6N8O3SSi/c1-18(39-21-14-38-42(17-45-9-10-47(2,3)4)25(44)24(21)28(32,33)34)16-46-20-5-6-35-22(11-20)41-8-7-40(15-23(41)43)26-36-12-19(13-37-26)27(29,30)31/h5-6,11-14,18,39H,7-10,15-17H2,1-4H3/t18-/m0/s1. The fourth-order valence-electron chi connectivity index (χ4n) is 4.38. The molecule has 4 heterocycles. The van der Waals surface area contributed by atoms with Gasteiger partial charge in [-0.3, -0.25) is 14.5 Å². The summed E-state index contributed by atoms with van der Waals surface area (Å²) in [6.07, 6.45) is -5.71. The van der Waals surface area contributed by atoms with Crippen LogP contribution in [0.5, 0.6) is 0 Å². The van der Waals surface area contributed by atoms with Crippen LogP contribution in [0.15, 0.2) is 46.6 Å². The van der Waals surface area contributed by atoms with Crippen LogP contribution in [0.2, 0.25) is 25.7 Å². The van der Waals surface area contributed by atoms with Gasteiger partial charge in [0.25, 0.3) is 5.56 Å². The van der Waals surface area contributed by atoms with Crippen molar-refractivity contribution >= 4 is 43.2 Å². The van der Waals surface area contributed by atoms with Gasteiger partial charge < -0.3 is 15.0 Å². The highest BCUT2D eigenvalue weighted by atomic mass is 32.2. The molecule has 0 spiro atoms. The van der Waals surface area contributed by atoms with Gasteiger partial charge in [-0.25, -0.2) is 19.6 Å². The summed E-state index contributed by atoms with van der Waals surface area (Å²) in [7, 11) is -1.42. The lowest BCUT2D eigenvalue weighted by molar-refractivity contribution is -0.139. The largest absolute Gasteiger partial charge is 0.423 e. The summed E-state index contributed by atoms with van der Waals surface area (Å²) in [5.74, 6) is 0.258. The number of rotatable bonds is 12. The van der Waals surface area contributed by atoms with E-state index in [0.29, 0.717) is 34.4 Å². The molecule has 1 aliphatic heterocycles. The smallest absolute Gasteiger partial charge is 0.380 e. The first-order valence-corrected chi connectivity index (χ1v) is 19.2. The summed E-state index contributed by atoms with van der Waals surface area (Å²) in [4.78, 5) is 41.0. The predicted octanol–water partition coefficient (Wildman–Crippen LogP) is 5.22. The molecule has 0 saturated carbocycles. The van der Waals surface area contributed by atoms with Crippen LogP contribution in [0.4, 0.5) is 43.8 Å². The normalized spacial score (nSPS) is 15.2. The number of ether oxygens (including phenoxy) is 1. The quantitative estimate of drug-likeness (QED) is 0.116. The molecule has 3 aromatic rings. The van der Waals surface area contributed by atoms with Crippen molar-refractivity contribution in [2.24, 2.45) is 0 Å². The topological polar surface area (TPSA) is 118 Å². The zero-order chi connectivity index (χ0) is 34.6. The number of piperazine rings is 1. The van der Waals surface area contributed by atoms with Crippen molar-refractivity contribution in [2.75, 3.05) is 47.1 Å². The zero-order valence-corrected chi connectivity index (χ0v) is 27.8. The maximum absolute atomic E-state index is 14.0. The van der Waals surface area contributed by atoms with E-state index < -0.39 is 48.8 Å². The second-order valence-electron chi connectivity index (χ2n) is 12.0. The molecule has 19 heteroatoms. The van der Waals surface area contributed by atoms with E-state index in [1.54, 1.807) is 19.1 Å². The number of halogens is 6. The number of hydrogen-bond donors (Lipinski definition) is 1. The molecule has 0 aliphatic carbocycles. The molecule has 1 atom stereocenters. The van der Waals surface area contributed by atoms with Crippen molar-refractivity contribution in [3.8, 4) is 0 Å². The van der Waals surface area contributed by atoms with Crippen molar-refractivity contribution in [2.45, 2.75) is 62.6 Å². The molecular weight excluding hydrogens is 671 g/mol. The first-order valence-electron chi connectivity index (χ1n) is 14.5. The predicted molar refractivity (Wildman–Crippen MR) is 167 cm³/mol. The van der Waals surface area contributed by atoms with Crippen LogP contribution < -0.4 is 20.7 Å². The van der Waals surface area contributed by atoms with Gasteiger partial charge in [0, 0.05) is 63.1 Å². The fraction of sp³-hybridized carbons (Fsp3) is 0.500. The van der Waals surface area contributed by atoms with E-state index in [9.17, 15) is 35.9 Å². The third-order valence-corrected chi connectivity index (χ3v) is 9.86. The Labute approximate surface area is 271 Å². The molecule has 0 radical (unpaired) electrons. The van der Waals surface area contributed by atoms with Gasteiger partial charge in [-0.1, -0.05) is 19.6 Å². The van der Waals surface area contributed by atoms with Gasteiger partial charge in [0.05, 0.1) is 17.4 Å². The van der Waals surface area contributed by atoms with Gasteiger partial charge in [-0.15, -0.1) is 11.8 Å². The van der Waals surface area contributed by atoms with Gasteiger partial charge in [0.1, 0.15) is 24.7 Å². The minimum atomic E-state index is -4.93. The lowest BCUT2D eigenvalue weighted by Crippen LogP contribution is -2.51. The average Bonchev–Trinajstić information content (AvgIpc) is 2.98. The first kappa shape index (κ1) is 36.1. The maximum atomic E-state index is 14.0. The number of pyridine rings is 1. The molecule has 256 valence electrons. The van der Waals surface area contributed by atoms with Gasteiger partial charge in [0.15, 0.2) is 0 Å². The molecule has 0 aromatic carbocycles. The number of amides is 1. The van der Waals surface area contributed by atoms with Crippen molar-refractivity contribution in [1.29, 1.82) is 0 Å². The van der Waals surface area contributed by atoms with Crippen molar-refractivity contribution in [3.05, 3.63) is 58.4 Å². The zero-order valence-electron chi connectivity index (χ0n) is 26.0. The molecule has 1 aliphatic rings. The number of hydrogen-bond acceptors (Lipinski definition) is 10. The van der Waals surface area contributed by atoms with E-state index in [1.807, 2.05) is 0 Å². The third-order valence-electron chi connectivity index (χ3n) is 6.90. The Morgan fingerprint density at radius 1 is 1.02 bits per heavy atom. The highest BCUT2D eigenvalue weighted by Crippen LogP contribution is 2.33. The number of aromatic nitrogens is 5. The van der Waals surface area contributed by atoms with Crippen molar-refractivity contribution in [3.63, 3.8) is 0 Å². The van der Waals surface area contributed by atoms with Gasteiger partial charge in [-0.2, -0.15) is 31.4 Å². The highest BCUT2D eigenvalue weighted by molar-refractivity contribution is 7.99. The summed E-state index contributed by atoms with van der Waals surface area (Å²) in [5, 5.41) is 6.63. The summed E-state index contributed by atoms with van der Waals surface area (Å²) in [6.45, 7) is 8.22. The Balaban J connectivity index is 1.36. The lowest BCUT2D eigenvalue weighted by Gasteiger charge is -2.33. The molecule has 1 amide bonds. The van der Waals surface area contributed by atoms with E-state index in [4.69, 9.17) is 4.74 Å². The molecule has 3 aromatic heterocycles. The van der Waals surface area contributed by atoms with Crippen LogP contribution >= 0.6 is 11.8 Å². The van der Waals surface area contributed by atoms with Crippen LogP contribution in [0, 0.1) is 0 Å². The summed E-state index contributed by atoms with van der Waals surface area (Å²) in [5.41, 5.74) is -4.09. The SMILES string of the molecule is C[C@@H](CSc1ccnc(N2CCN(c3ncc(C(F)(F)F)cn3)CC2=O)c1)Nc1cnn(COCC[Si](C)(C)C)c(=O)c1C(F)(F)F. The minimum absolute atomic E-state index is 0.00300. The van der Waals surface area contributed by atoms with E-state index >= 15 is 0 Å². The Kier molecular flexibility index (Phi) is 11.2. The Morgan fingerprint density at radius 2 is 1.72 bits per heavy atom. The second kappa shape index (κ2) is 14.6. The number of nitrogens with one attached hydrogen (secondary N) is 1. The lowest BCUT2D eigenvalue weighted by atomic mass is 10.2. The Hall–Kier alpha value is -3.71. The van der Waals surface area contributed by atoms with E-state index in [0.717, 1.165) is 12.2 Å². The van der Waals surface area contributed by atoms with Gasteiger partial charge >= 0.3 is 12.4 Å². The van der Waals surface area contributed by atoms with Crippen molar-refractivity contribution < 1.29 is 35.9 Å². The fourth-order valence-corrected chi connectivity index (χ4v) is 6.00. The summed E-state index contributed by atoms with van der Waals surface area (Å²) < 4.78 is 86.4. The maximum Gasteiger partial charge on any atom is 0.423 e. The third kappa shape index (κ3) is 9.89. The Morgan fingerprint density at radius 3 is 2.34 bits per heavy atom. The molecule has 47 heavy (non-hydrogen) atoms. The van der Waals surface area contributed by atoms with Crippen molar-refractivity contribution in [1.82, 2.24) is 24.7 Å². The molecule has 1 fully saturated rings. The van der Waals surface area contributed by atoms with Gasteiger partial charge in [0.2, 0.25) is 11.9 Å². The van der Waals surface area contributed by atoms with E-state index in [1.165, 1.54) is 27.8 Å². The second-order valence-corrected chi connectivity index (χ2v) is 18.7. The molecular formula is C28H34F6N8O3SSi. The number of thioether (sulfide) groups is 1. The van der Waals surface area contributed by atoms with E-state index in [2.05, 4.69) is 45.0 Å². The van der Waals surface area contributed by atoms with Crippen LogP contribution in [0.1, 0.15) is 18.1 Å². The number of anilines is 3. The number of alkyl halides is 6. The number of carbonyl (C=O) groups is 1. The van der Waals surface area contributed by atoms with Crippen LogP contribution in [-0.2, 0) is 28.6 Å². The van der Waals surface area contributed by atoms with E-state index in [-0.39, 0.29) is 44.0 Å². The first-order chi connectivity index (χ1) is 21.9. The molecule has 11 nitrogen and oxygen atoms in total. The molecule has 0 bridgehead atoms.